The molecule has 0 bridgehead atoms. The SMILES string of the molecule is CCN(CC)CCOc1cc2c(Nc3ccc(Br)cc3F)ncnc2cc1OC.Cl. The number of hydrogen-bond acceptors (Lipinski definition) is 6. The van der Waals surface area contributed by atoms with Gasteiger partial charge in [0, 0.05) is 22.5 Å². The fourth-order valence-corrected chi connectivity index (χ4v) is 3.31. The highest BCUT2D eigenvalue weighted by atomic mass is 79.9. The van der Waals surface area contributed by atoms with Crippen molar-refractivity contribution >= 4 is 50.7 Å². The van der Waals surface area contributed by atoms with Crippen LogP contribution in [0.1, 0.15) is 13.8 Å². The van der Waals surface area contributed by atoms with E-state index in [9.17, 15) is 4.39 Å². The van der Waals surface area contributed by atoms with Gasteiger partial charge in [-0.3, -0.25) is 0 Å². The van der Waals surface area contributed by atoms with Crippen LogP contribution < -0.4 is 14.8 Å². The number of methoxy groups -OCH3 is 1. The normalized spacial score (nSPS) is 10.7. The van der Waals surface area contributed by atoms with E-state index >= 15 is 0 Å². The Morgan fingerprint density at radius 3 is 2.53 bits per heavy atom. The average molecular weight is 500 g/mol. The van der Waals surface area contributed by atoms with E-state index in [-0.39, 0.29) is 18.2 Å². The summed E-state index contributed by atoms with van der Waals surface area (Å²) in [4.78, 5) is 10.9. The standard InChI is InChI=1S/C21H24BrFN4O2.ClH/c1-4-27(5-2)8-9-29-20-11-15-18(12-19(20)28-3)24-13-25-21(15)26-17-7-6-14(22)10-16(17)23;/h6-7,10-13H,4-5,8-9H2,1-3H3,(H,24,25,26);1H. The van der Waals surface area contributed by atoms with Crippen LogP contribution in [0.15, 0.2) is 41.1 Å². The number of benzene rings is 2. The van der Waals surface area contributed by atoms with Crippen LogP contribution in [0.25, 0.3) is 10.9 Å². The first kappa shape index (κ1) is 24.1. The van der Waals surface area contributed by atoms with Crippen molar-refractivity contribution in [2.24, 2.45) is 0 Å². The van der Waals surface area contributed by atoms with Crippen molar-refractivity contribution < 1.29 is 13.9 Å². The van der Waals surface area contributed by atoms with Gasteiger partial charge < -0.3 is 19.7 Å². The first-order chi connectivity index (χ1) is 14.0. The number of nitrogens with zero attached hydrogens (tertiary/aromatic N) is 3. The molecule has 1 heterocycles. The highest BCUT2D eigenvalue weighted by molar-refractivity contribution is 9.10. The van der Waals surface area contributed by atoms with Crippen LogP contribution in [0.5, 0.6) is 11.5 Å². The third-order valence-corrected chi connectivity index (χ3v) is 5.16. The fraction of sp³-hybridized carbons (Fsp3) is 0.333. The quantitative estimate of drug-likeness (QED) is 0.424. The first-order valence-corrected chi connectivity index (χ1v) is 10.2. The molecule has 0 aliphatic carbocycles. The molecule has 1 N–H and O–H groups in total. The van der Waals surface area contributed by atoms with Gasteiger partial charge in [0.2, 0.25) is 0 Å². The van der Waals surface area contributed by atoms with Gasteiger partial charge in [0.15, 0.2) is 11.5 Å². The molecule has 6 nitrogen and oxygen atoms in total. The number of halogens is 3. The molecule has 0 fully saturated rings. The van der Waals surface area contributed by atoms with Crippen molar-refractivity contribution in [2.75, 3.05) is 38.7 Å². The first-order valence-electron chi connectivity index (χ1n) is 9.45. The van der Waals surface area contributed by atoms with Crippen molar-refractivity contribution in [1.29, 1.82) is 0 Å². The molecule has 0 aliphatic heterocycles. The van der Waals surface area contributed by atoms with Gasteiger partial charge in [-0.1, -0.05) is 29.8 Å². The van der Waals surface area contributed by atoms with Gasteiger partial charge in [-0.2, -0.15) is 0 Å². The average Bonchev–Trinajstić information content (AvgIpc) is 2.73. The molecule has 0 unspecified atom stereocenters. The summed E-state index contributed by atoms with van der Waals surface area (Å²) in [7, 11) is 1.59. The van der Waals surface area contributed by atoms with Gasteiger partial charge in [-0.25, -0.2) is 14.4 Å². The summed E-state index contributed by atoms with van der Waals surface area (Å²) in [6, 6.07) is 8.44. The molecular weight excluding hydrogens is 475 g/mol. The maximum atomic E-state index is 14.3. The predicted molar refractivity (Wildman–Crippen MR) is 124 cm³/mol. The number of rotatable bonds is 9. The minimum Gasteiger partial charge on any atom is -0.493 e. The molecule has 1 aromatic heterocycles. The van der Waals surface area contributed by atoms with Gasteiger partial charge in [-0.05, 0) is 37.4 Å². The Balaban J connectivity index is 0.00000320. The van der Waals surface area contributed by atoms with E-state index in [1.165, 1.54) is 12.4 Å². The van der Waals surface area contributed by atoms with E-state index in [4.69, 9.17) is 9.47 Å². The summed E-state index contributed by atoms with van der Waals surface area (Å²) in [5, 5.41) is 3.76. The van der Waals surface area contributed by atoms with Crippen molar-refractivity contribution in [3.63, 3.8) is 0 Å². The Hall–Kier alpha value is -2.16. The smallest absolute Gasteiger partial charge is 0.162 e. The largest absolute Gasteiger partial charge is 0.493 e. The van der Waals surface area contributed by atoms with Crippen molar-refractivity contribution in [2.45, 2.75) is 13.8 Å². The molecule has 0 saturated carbocycles. The van der Waals surface area contributed by atoms with Crippen LogP contribution in [0, 0.1) is 5.82 Å². The lowest BCUT2D eigenvalue weighted by Gasteiger charge is -2.19. The van der Waals surface area contributed by atoms with Crippen LogP contribution in [0.2, 0.25) is 0 Å². The molecule has 3 rings (SSSR count). The summed E-state index contributed by atoms with van der Waals surface area (Å²) in [5.41, 5.74) is 1.00. The van der Waals surface area contributed by atoms with Crippen LogP contribution in [0.4, 0.5) is 15.9 Å². The summed E-state index contributed by atoms with van der Waals surface area (Å²) in [6.07, 6.45) is 1.43. The fourth-order valence-electron chi connectivity index (χ4n) is 2.98. The van der Waals surface area contributed by atoms with Gasteiger partial charge in [-0.15, -0.1) is 12.4 Å². The van der Waals surface area contributed by atoms with Gasteiger partial charge in [0.05, 0.1) is 18.3 Å². The zero-order valence-corrected chi connectivity index (χ0v) is 19.5. The van der Waals surface area contributed by atoms with E-state index in [1.54, 1.807) is 25.3 Å². The molecular formula is C21H25BrClFN4O2. The number of fused-ring (bicyclic) bond motifs is 1. The monoisotopic (exact) mass is 498 g/mol. The zero-order valence-electron chi connectivity index (χ0n) is 17.1. The molecule has 0 saturated heterocycles. The molecule has 0 amide bonds. The second kappa shape index (κ2) is 11.3. The predicted octanol–water partition coefficient (Wildman–Crippen LogP) is 5.43. The van der Waals surface area contributed by atoms with Crippen LogP contribution in [0.3, 0.4) is 0 Å². The van der Waals surface area contributed by atoms with E-state index < -0.39 is 0 Å². The number of nitrogens with one attached hydrogen (secondary N) is 1. The lowest BCUT2D eigenvalue weighted by atomic mass is 10.2. The maximum Gasteiger partial charge on any atom is 0.162 e. The maximum absolute atomic E-state index is 14.3. The third-order valence-electron chi connectivity index (χ3n) is 4.66. The van der Waals surface area contributed by atoms with Gasteiger partial charge in [0.25, 0.3) is 0 Å². The van der Waals surface area contributed by atoms with E-state index in [1.807, 2.05) is 6.07 Å². The third kappa shape index (κ3) is 5.71. The van der Waals surface area contributed by atoms with Crippen molar-refractivity contribution in [3.8, 4) is 11.5 Å². The summed E-state index contributed by atoms with van der Waals surface area (Å²) >= 11 is 3.26. The van der Waals surface area contributed by atoms with Crippen LogP contribution in [-0.2, 0) is 0 Å². The Labute approximate surface area is 190 Å². The Bertz CT molecular complexity index is 989. The molecule has 0 aliphatic rings. The van der Waals surface area contributed by atoms with Crippen molar-refractivity contribution in [3.05, 3.63) is 46.9 Å². The molecule has 2 aromatic carbocycles. The molecule has 9 heteroatoms. The number of aromatic nitrogens is 2. The molecule has 162 valence electrons. The molecule has 30 heavy (non-hydrogen) atoms. The van der Waals surface area contributed by atoms with Gasteiger partial charge >= 0.3 is 0 Å². The lowest BCUT2D eigenvalue weighted by molar-refractivity contribution is 0.217. The van der Waals surface area contributed by atoms with E-state index in [0.717, 1.165) is 19.6 Å². The zero-order chi connectivity index (χ0) is 20.8. The second-order valence-corrected chi connectivity index (χ2v) is 7.28. The van der Waals surface area contributed by atoms with Gasteiger partial charge in [0.1, 0.15) is 24.6 Å². The van der Waals surface area contributed by atoms with E-state index in [0.29, 0.717) is 45.0 Å². The summed E-state index contributed by atoms with van der Waals surface area (Å²) in [5.74, 6) is 1.31. The summed E-state index contributed by atoms with van der Waals surface area (Å²) in [6.45, 7) is 7.52. The molecule has 3 aromatic rings. The Kier molecular flexibility index (Phi) is 9.08. The van der Waals surface area contributed by atoms with Crippen LogP contribution in [-0.4, -0.2) is 48.2 Å². The second-order valence-electron chi connectivity index (χ2n) is 6.37. The highest BCUT2D eigenvalue weighted by Crippen LogP contribution is 2.35. The summed E-state index contributed by atoms with van der Waals surface area (Å²) < 4.78 is 26.4. The number of ether oxygens (including phenoxy) is 2. The Morgan fingerprint density at radius 1 is 1.10 bits per heavy atom. The number of likely N-dealkylation sites (N-methyl/N-ethyl adjacent to an activating group) is 1. The minimum absolute atomic E-state index is 0. The minimum atomic E-state index is -0.379. The highest BCUT2D eigenvalue weighted by Gasteiger charge is 2.13. The van der Waals surface area contributed by atoms with E-state index in [2.05, 4.69) is 50.0 Å². The lowest BCUT2D eigenvalue weighted by Crippen LogP contribution is -2.27. The molecule has 0 spiro atoms. The molecule has 0 atom stereocenters. The molecule has 0 radical (unpaired) electrons. The van der Waals surface area contributed by atoms with Crippen LogP contribution >= 0.6 is 28.3 Å². The topological polar surface area (TPSA) is 59.5 Å². The van der Waals surface area contributed by atoms with Crippen molar-refractivity contribution in [1.82, 2.24) is 14.9 Å². The Morgan fingerprint density at radius 2 is 1.87 bits per heavy atom. The number of anilines is 2. The number of hydrogen-bond donors (Lipinski definition) is 1.